The van der Waals surface area contributed by atoms with Crippen molar-refractivity contribution >= 4 is 0 Å². The van der Waals surface area contributed by atoms with E-state index in [1.54, 1.807) is 7.11 Å². The summed E-state index contributed by atoms with van der Waals surface area (Å²) in [5, 5.41) is 3.63. The molecule has 1 aliphatic rings. The van der Waals surface area contributed by atoms with E-state index in [-0.39, 0.29) is 0 Å². The van der Waals surface area contributed by atoms with Gasteiger partial charge in [0.2, 0.25) is 0 Å². The van der Waals surface area contributed by atoms with Crippen molar-refractivity contribution in [3.63, 3.8) is 0 Å². The lowest BCUT2D eigenvalue weighted by molar-refractivity contribution is 0.415. The van der Waals surface area contributed by atoms with E-state index in [9.17, 15) is 0 Å². The van der Waals surface area contributed by atoms with Crippen LogP contribution < -0.4 is 10.1 Å². The molecule has 1 heterocycles. The number of ether oxygens (including phenoxy) is 1. The summed E-state index contributed by atoms with van der Waals surface area (Å²) < 4.78 is 5.42. The number of nitrogens with one attached hydrogen (secondary N) is 1. The Labute approximate surface area is 126 Å². The maximum atomic E-state index is 5.42. The molecular formula is C18H22N2O. The second-order valence-electron chi connectivity index (χ2n) is 5.51. The number of fused-ring (bicyclic) bond motifs is 1. The molecule has 2 aromatic rings. The smallest absolute Gasteiger partial charge is 0.145 e. The molecular weight excluding hydrogens is 260 g/mol. The summed E-state index contributed by atoms with van der Waals surface area (Å²) >= 11 is 0. The lowest BCUT2D eigenvalue weighted by Crippen LogP contribution is -2.19. The highest BCUT2D eigenvalue weighted by Gasteiger charge is 2.22. The van der Waals surface area contributed by atoms with Crippen molar-refractivity contribution in [2.24, 2.45) is 0 Å². The number of hydrogen-bond donors (Lipinski definition) is 1. The van der Waals surface area contributed by atoms with Crippen molar-refractivity contribution in [2.45, 2.75) is 32.2 Å². The van der Waals surface area contributed by atoms with Crippen LogP contribution in [-0.4, -0.2) is 18.6 Å². The third kappa shape index (κ3) is 2.79. The lowest BCUT2D eigenvalue weighted by Gasteiger charge is -2.14. The summed E-state index contributed by atoms with van der Waals surface area (Å²) in [6.07, 6.45) is 5.32. The van der Waals surface area contributed by atoms with Crippen LogP contribution >= 0.6 is 0 Å². The maximum Gasteiger partial charge on any atom is 0.145 e. The van der Waals surface area contributed by atoms with Gasteiger partial charge in [-0.2, -0.15) is 0 Å². The predicted molar refractivity (Wildman–Crippen MR) is 85.6 cm³/mol. The van der Waals surface area contributed by atoms with E-state index in [1.807, 2.05) is 18.3 Å². The Bertz CT molecular complexity index is 624. The molecule has 1 aromatic carbocycles. The highest BCUT2D eigenvalue weighted by molar-refractivity contribution is 5.67. The third-order valence-electron chi connectivity index (χ3n) is 4.13. The molecule has 1 N–H and O–H groups in total. The fourth-order valence-corrected chi connectivity index (χ4v) is 3.07. The average Bonchev–Trinajstić information content (AvgIpc) is 2.95. The van der Waals surface area contributed by atoms with E-state index in [0.717, 1.165) is 30.0 Å². The van der Waals surface area contributed by atoms with E-state index < -0.39 is 0 Å². The summed E-state index contributed by atoms with van der Waals surface area (Å²) in [7, 11) is 1.69. The van der Waals surface area contributed by atoms with E-state index in [1.165, 1.54) is 24.0 Å². The summed E-state index contributed by atoms with van der Waals surface area (Å²) in [6.45, 7) is 3.29. The van der Waals surface area contributed by atoms with Crippen LogP contribution in [0.2, 0.25) is 0 Å². The first-order valence-corrected chi connectivity index (χ1v) is 7.69. The number of rotatable bonds is 5. The standard InChI is InChI=1S/C18H22N2O/c1-3-10-19-16-9-7-13-12-14(6-8-15(13)16)18-17(21-2)5-4-11-20-18/h4-6,8,11-12,16,19H,3,7,9-10H2,1-2H3. The monoisotopic (exact) mass is 282 g/mol. The highest BCUT2D eigenvalue weighted by atomic mass is 16.5. The highest BCUT2D eigenvalue weighted by Crippen LogP contribution is 2.35. The second kappa shape index (κ2) is 6.27. The zero-order valence-electron chi connectivity index (χ0n) is 12.7. The molecule has 1 aromatic heterocycles. The molecule has 0 spiro atoms. The van der Waals surface area contributed by atoms with Crippen LogP contribution in [0, 0.1) is 0 Å². The molecule has 0 bridgehead atoms. The van der Waals surface area contributed by atoms with Gasteiger partial charge in [0, 0.05) is 17.8 Å². The van der Waals surface area contributed by atoms with Gasteiger partial charge >= 0.3 is 0 Å². The molecule has 1 atom stereocenters. The summed E-state index contributed by atoms with van der Waals surface area (Å²) in [6, 6.07) is 11.1. The Kier molecular flexibility index (Phi) is 4.20. The van der Waals surface area contributed by atoms with Crippen LogP contribution in [0.5, 0.6) is 5.75 Å². The molecule has 1 unspecified atom stereocenters. The van der Waals surface area contributed by atoms with Crippen LogP contribution in [0.3, 0.4) is 0 Å². The van der Waals surface area contributed by atoms with Gasteiger partial charge < -0.3 is 10.1 Å². The summed E-state index contributed by atoms with van der Waals surface area (Å²) in [5.41, 5.74) is 4.95. The Morgan fingerprint density at radius 2 is 2.24 bits per heavy atom. The number of hydrogen-bond acceptors (Lipinski definition) is 3. The summed E-state index contributed by atoms with van der Waals surface area (Å²) in [5.74, 6) is 0.830. The topological polar surface area (TPSA) is 34.2 Å². The molecule has 0 fully saturated rings. The van der Waals surface area contributed by atoms with Gasteiger partial charge in [-0.05, 0) is 55.1 Å². The quantitative estimate of drug-likeness (QED) is 0.907. The third-order valence-corrected chi connectivity index (χ3v) is 4.13. The molecule has 3 nitrogen and oxygen atoms in total. The van der Waals surface area contributed by atoms with E-state index in [2.05, 4.69) is 35.4 Å². The maximum absolute atomic E-state index is 5.42. The largest absolute Gasteiger partial charge is 0.494 e. The summed E-state index contributed by atoms with van der Waals surface area (Å²) in [4.78, 5) is 4.47. The van der Waals surface area contributed by atoms with Crippen molar-refractivity contribution in [1.29, 1.82) is 0 Å². The number of methoxy groups -OCH3 is 1. The SMILES string of the molecule is CCCNC1CCc2cc(-c3ncccc3OC)ccc21. The van der Waals surface area contributed by atoms with Crippen LogP contribution in [-0.2, 0) is 6.42 Å². The fourth-order valence-electron chi connectivity index (χ4n) is 3.07. The average molecular weight is 282 g/mol. The number of aryl methyl sites for hydroxylation is 1. The Morgan fingerprint density at radius 3 is 3.05 bits per heavy atom. The van der Waals surface area contributed by atoms with Crippen LogP contribution in [0.25, 0.3) is 11.3 Å². The van der Waals surface area contributed by atoms with Gasteiger partial charge in [0.15, 0.2) is 0 Å². The zero-order valence-corrected chi connectivity index (χ0v) is 12.7. The van der Waals surface area contributed by atoms with Gasteiger partial charge in [0.1, 0.15) is 11.4 Å². The first kappa shape index (κ1) is 14.1. The first-order chi connectivity index (χ1) is 10.3. The second-order valence-corrected chi connectivity index (χ2v) is 5.51. The molecule has 21 heavy (non-hydrogen) atoms. The molecule has 0 amide bonds. The Morgan fingerprint density at radius 1 is 1.33 bits per heavy atom. The molecule has 3 rings (SSSR count). The fraction of sp³-hybridized carbons (Fsp3) is 0.389. The molecule has 110 valence electrons. The van der Waals surface area contributed by atoms with Crippen molar-refractivity contribution in [3.8, 4) is 17.0 Å². The first-order valence-electron chi connectivity index (χ1n) is 7.69. The van der Waals surface area contributed by atoms with Gasteiger partial charge in [-0.15, -0.1) is 0 Å². The zero-order chi connectivity index (χ0) is 14.7. The van der Waals surface area contributed by atoms with Crippen molar-refractivity contribution in [3.05, 3.63) is 47.7 Å². The molecule has 0 saturated carbocycles. The Hall–Kier alpha value is -1.87. The van der Waals surface area contributed by atoms with Crippen LogP contribution in [0.15, 0.2) is 36.5 Å². The van der Waals surface area contributed by atoms with Gasteiger partial charge in [0.25, 0.3) is 0 Å². The molecule has 0 radical (unpaired) electrons. The normalized spacial score (nSPS) is 16.8. The van der Waals surface area contributed by atoms with Crippen molar-refractivity contribution in [2.75, 3.05) is 13.7 Å². The van der Waals surface area contributed by atoms with Gasteiger partial charge in [-0.25, -0.2) is 0 Å². The number of benzene rings is 1. The molecule has 3 heteroatoms. The lowest BCUT2D eigenvalue weighted by atomic mass is 10.0. The van der Waals surface area contributed by atoms with E-state index in [0.29, 0.717) is 6.04 Å². The van der Waals surface area contributed by atoms with Crippen molar-refractivity contribution in [1.82, 2.24) is 10.3 Å². The van der Waals surface area contributed by atoms with Gasteiger partial charge in [-0.3, -0.25) is 4.98 Å². The van der Waals surface area contributed by atoms with E-state index in [4.69, 9.17) is 4.74 Å². The minimum Gasteiger partial charge on any atom is -0.494 e. The Balaban J connectivity index is 1.91. The van der Waals surface area contributed by atoms with Crippen LogP contribution in [0.4, 0.5) is 0 Å². The predicted octanol–water partition coefficient (Wildman–Crippen LogP) is 3.74. The van der Waals surface area contributed by atoms with Gasteiger partial charge in [-0.1, -0.05) is 19.1 Å². The van der Waals surface area contributed by atoms with Crippen molar-refractivity contribution < 1.29 is 4.74 Å². The molecule has 0 saturated heterocycles. The van der Waals surface area contributed by atoms with Crippen LogP contribution in [0.1, 0.15) is 36.9 Å². The number of nitrogens with zero attached hydrogens (tertiary/aromatic N) is 1. The number of pyridine rings is 1. The minimum absolute atomic E-state index is 0.514. The van der Waals surface area contributed by atoms with Gasteiger partial charge in [0.05, 0.1) is 7.11 Å². The molecule has 1 aliphatic carbocycles. The number of aromatic nitrogens is 1. The molecule has 0 aliphatic heterocycles. The van der Waals surface area contributed by atoms with E-state index >= 15 is 0 Å². The minimum atomic E-state index is 0.514.